The van der Waals surface area contributed by atoms with Crippen LogP contribution in [0, 0.1) is 0 Å². The van der Waals surface area contributed by atoms with Gasteiger partial charge in [-0.05, 0) is 6.92 Å². The normalized spacial score (nSPS) is 8.81. The number of aldehydes is 2. The zero-order valence-electron chi connectivity index (χ0n) is 8.17. The van der Waals surface area contributed by atoms with Gasteiger partial charge in [0.25, 0.3) is 0 Å². The Hall–Kier alpha value is -2.38. The van der Waals surface area contributed by atoms with Crippen LogP contribution in [0.25, 0.3) is 0 Å². The Morgan fingerprint density at radius 3 is 1.81 bits per heavy atom. The monoisotopic (exact) mass is 229 g/mol. The molecule has 0 aliphatic heterocycles. The van der Waals surface area contributed by atoms with Crippen molar-refractivity contribution in [2.24, 2.45) is 0 Å². The van der Waals surface area contributed by atoms with Gasteiger partial charge in [0.1, 0.15) is 0 Å². The molecule has 86 valence electrons. The van der Waals surface area contributed by atoms with Crippen LogP contribution in [0.1, 0.15) is 6.92 Å². The van der Waals surface area contributed by atoms with Gasteiger partial charge in [0.2, 0.25) is 12.6 Å². The number of hydrogen-bond donors (Lipinski definition) is 0. The molecule has 0 heterocycles. The van der Waals surface area contributed by atoms with E-state index in [2.05, 4.69) is 4.74 Å². The molecule has 8 heteroatoms. The second kappa shape index (κ2) is 6.17. The molecule has 0 rings (SSSR count). The molecule has 0 radical (unpaired) electrons. The molecule has 0 aromatic rings. The molecule has 0 bridgehead atoms. The summed E-state index contributed by atoms with van der Waals surface area (Å²) < 4.78 is 4.21. The van der Waals surface area contributed by atoms with Crippen molar-refractivity contribution in [3.63, 3.8) is 0 Å². The van der Waals surface area contributed by atoms with Crippen molar-refractivity contribution in [3.8, 4) is 0 Å². The van der Waals surface area contributed by atoms with Gasteiger partial charge in [-0.3, -0.25) is 24.0 Å². The van der Waals surface area contributed by atoms with Crippen molar-refractivity contribution >= 4 is 36.3 Å². The molecule has 3 amide bonds. The van der Waals surface area contributed by atoms with Crippen molar-refractivity contribution in [1.82, 2.24) is 4.90 Å². The summed E-state index contributed by atoms with van der Waals surface area (Å²) in [6.45, 7) is 1.22. The number of nitrogens with zero attached hydrogens (tertiary/aromatic N) is 1. The van der Waals surface area contributed by atoms with Crippen LogP contribution in [0.5, 0.6) is 0 Å². The summed E-state index contributed by atoms with van der Waals surface area (Å²) in [5.74, 6) is -6.42. The highest BCUT2D eigenvalue weighted by molar-refractivity contribution is 6.49. The summed E-state index contributed by atoms with van der Waals surface area (Å²) in [6.07, 6.45) is -0.753. The largest absolute Gasteiger partial charge is 0.459 e. The molecule has 8 nitrogen and oxygen atoms in total. The Morgan fingerprint density at radius 1 is 1.06 bits per heavy atom. The number of hydrogen-bond acceptors (Lipinski definition) is 7. The highest BCUT2D eigenvalue weighted by Gasteiger charge is 2.33. The van der Waals surface area contributed by atoms with E-state index in [-0.39, 0.29) is 19.2 Å². The standard InChI is InChI=1S/C8H7NO7/c1-2-16-8(15)7(14)9(5(12)3-10)6(13)4-11/h3-4H,2H2,1H3. The summed E-state index contributed by atoms with van der Waals surface area (Å²) in [5, 5.41) is 0. The number of carbonyl (C=O) groups is 6. The van der Waals surface area contributed by atoms with Crippen LogP contribution in [0.2, 0.25) is 0 Å². The minimum Gasteiger partial charge on any atom is -0.459 e. The first-order chi connectivity index (χ1) is 7.49. The molecule has 16 heavy (non-hydrogen) atoms. The fourth-order valence-electron chi connectivity index (χ4n) is 0.698. The van der Waals surface area contributed by atoms with Gasteiger partial charge in [0.05, 0.1) is 6.61 Å². The van der Waals surface area contributed by atoms with Crippen molar-refractivity contribution in [2.45, 2.75) is 6.92 Å². The predicted molar refractivity (Wildman–Crippen MR) is 45.6 cm³/mol. The van der Waals surface area contributed by atoms with E-state index >= 15 is 0 Å². The van der Waals surface area contributed by atoms with E-state index in [1.165, 1.54) is 6.92 Å². The number of rotatable bonds is 3. The first-order valence-electron chi connectivity index (χ1n) is 3.99. The summed E-state index contributed by atoms with van der Waals surface area (Å²) in [5.41, 5.74) is 0. The number of ether oxygens (including phenoxy) is 1. The van der Waals surface area contributed by atoms with Gasteiger partial charge >= 0.3 is 23.7 Å². The summed E-state index contributed by atoms with van der Waals surface area (Å²) in [7, 11) is 0. The maximum atomic E-state index is 11.1. The first kappa shape index (κ1) is 13.6. The molecule has 0 fully saturated rings. The molecular weight excluding hydrogens is 222 g/mol. The lowest BCUT2D eigenvalue weighted by Crippen LogP contribution is -2.47. The molecular formula is C8H7NO7. The summed E-state index contributed by atoms with van der Waals surface area (Å²) >= 11 is 0. The van der Waals surface area contributed by atoms with Crippen LogP contribution in [-0.2, 0) is 33.5 Å². The van der Waals surface area contributed by atoms with E-state index in [9.17, 15) is 28.8 Å². The summed E-state index contributed by atoms with van der Waals surface area (Å²) in [4.78, 5) is 63.4. The topological polar surface area (TPSA) is 115 Å². The lowest BCUT2D eigenvalue weighted by atomic mass is 10.4. The van der Waals surface area contributed by atoms with E-state index in [1.54, 1.807) is 0 Å². The number of carbonyl (C=O) groups excluding carboxylic acids is 6. The van der Waals surface area contributed by atoms with Crippen molar-refractivity contribution in [2.75, 3.05) is 6.61 Å². The van der Waals surface area contributed by atoms with E-state index < -0.39 is 28.6 Å². The first-order valence-corrected chi connectivity index (χ1v) is 3.99. The molecule has 0 atom stereocenters. The maximum Gasteiger partial charge on any atom is 0.397 e. The Balaban J connectivity index is 5.04. The van der Waals surface area contributed by atoms with Gasteiger partial charge in [0, 0.05) is 0 Å². The fourth-order valence-corrected chi connectivity index (χ4v) is 0.698. The van der Waals surface area contributed by atoms with Gasteiger partial charge < -0.3 is 4.74 Å². The van der Waals surface area contributed by atoms with Crippen molar-refractivity contribution in [1.29, 1.82) is 0 Å². The van der Waals surface area contributed by atoms with Crippen LogP contribution in [0.3, 0.4) is 0 Å². The second-order valence-electron chi connectivity index (χ2n) is 2.27. The average molecular weight is 229 g/mol. The number of esters is 1. The third-order valence-corrected chi connectivity index (χ3v) is 1.30. The molecule has 0 aliphatic carbocycles. The smallest absolute Gasteiger partial charge is 0.397 e. The fraction of sp³-hybridized carbons (Fsp3) is 0.250. The number of imide groups is 3. The van der Waals surface area contributed by atoms with Crippen molar-refractivity contribution < 1.29 is 33.5 Å². The molecule has 0 aliphatic rings. The lowest BCUT2D eigenvalue weighted by Gasteiger charge is -2.11. The minimum atomic E-state index is -1.68. The third-order valence-electron chi connectivity index (χ3n) is 1.30. The Bertz CT molecular complexity index is 339. The van der Waals surface area contributed by atoms with Gasteiger partial charge in [-0.1, -0.05) is 0 Å². The minimum absolute atomic E-state index is 0.164. The molecule has 0 aromatic carbocycles. The molecule has 0 unspecified atom stereocenters. The highest BCUT2D eigenvalue weighted by Crippen LogP contribution is 1.93. The SMILES string of the molecule is CCOC(=O)C(=O)N(C(=O)C=O)C(=O)C=O. The van der Waals surface area contributed by atoms with Crippen LogP contribution < -0.4 is 0 Å². The molecule has 0 spiro atoms. The van der Waals surface area contributed by atoms with Gasteiger partial charge in [-0.25, -0.2) is 4.79 Å². The highest BCUT2D eigenvalue weighted by atomic mass is 16.5. The molecule has 0 N–H and O–H groups in total. The van der Waals surface area contributed by atoms with Gasteiger partial charge in [-0.2, -0.15) is 4.90 Å². The number of amides is 3. The maximum absolute atomic E-state index is 11.1. The van der Waals surface area contributed by atoms with Crippen molar-refractivity contribution in [3.05, 3.63) is 0 Å². The summed E-state index contributed by atoms with van der Waals surface area (Å²) in [6, 6.07) is 0. The van der Waals surface area contributed by atoms with Crippen LogP contribution in [-0.4, -0.2) is 47.8 Å². The average Bonchev–Trinajstić information content (AvgIpc) is 2.28. The zero-order valence-corrected chi connectivity index (χ0v) is 8.17. The Kier molecular flexibility index (Phi) is 5.25. The van der Waals surface area contributed by atoms with E-state index in [0.717, 1.165) is 0 Å². The quantitative estimate of drug-likeness (QED) is 0.307. The molecule has 0 saturated heterocycles. The van der Waals surface area contributed by atoms with Crippen LogP contribution >= 0.6 is 0 Å². The van der Waals surface area contributed by atoms with E-state index in [0.29, 0.717) is 0 Å². The predicted octanol–water partition coefficient (Wildman–Crippen LogP) is -2.17. The Morgan fingerprint density at radius 2 is 1.50 bits per heavy atom. The second-order valence-corrected chi connectivity index (χ2v) is 2.27. The van der Waals surface area contributed by atoms with Gasteiger partial charge in [-0.15, -0.1) is 0 Å². The molecule has 0 saturated carbocycles. The van der Waals surface area contributed by atoms with E-state index in [4.69, 9.17) is 0 Å². The van der Waals surface area contributed by atoms with Crippen LogP contribution in [0.15, 0.2) is 0 Å². The molecule has 0 aromatic heterocycles. The van der Waals surface area contributed by atoms with Crippen LogP contribution in [0.4, 0.5) is 0 Å². The van der Waals surface area contributed by atoms with Gasteiger partial charge in [0.15, 0.2) is 0 Å². The lowest BCUT2D eigenvalue weighted by molar-refractivity contribution is -0.167. The zero-order chi connectivity index (χ0) is 12.7. The Labute approximate surface area is 89.1 Å². The third kappa shape index (κ3) is 3.08. The van der Waals surface area contributed by atoms with E-state index in [1.807, 2.05) is 0 Å².